The zero-order valence-corrected chi connectivity index (χ0v) is 38.8. The molecule has 3 heteroatoms. The van der Waals surface area contributed by atoms with Gasteiger partial charge in [0, 0.05) is 53.1 Å². The summed E-state index contributed by atoms with van der Waals surface area (Å²) in [6, 6.07) is 66.2. The maximum atomic E-state index is 2.50. The zero-order valence-electron chi connectivity index (χ0n) is 38.0. The normalized spacial score (nSPS) is 13.0. The first kappa shape index (κ1) is 40.4. The van der Waals surface area contributed by atoms with Crippen LogP contribution in [-0.4, -0.2) is 9.13 Å². The van der Waals surface area contributed by atoms with Crippen molar-refractivity contribution in [2.24, 2.45) is 10.8 Å². The van der Waals surface area contributed by atoms with Crippen molar-refractivity contribution in [1.82, 2.24) is 9.13 Å². The summed E-state index contributed by atoms with van der Waals surface area (Å²) in [5.41, 5.74) is 14.3. The highest BCUT2D eigenvalue weighted by atomic mass is 32.1. The van der Waals surface area contributed by atoms with E-state index in [4.69, 9.17) is 0 Å². The van der Waals surface area contributed by atoms with E-state index in [0.717, 1.165) is 6.42 Å². The van der Waals surface area contributed by atoms with Crippen molar-refractivity contribution in [2.75, 3.05) is 0 Å². The van der Waals surface area contributed by atoms with Gasteiger partial charge >= 0.3 is 0 Å². The molecule has 64 heavy (non-hydrogen) atoms. The number of thiophene rings is 1. The average Bonchev–Trinajstić information content (AvgIpc) is 4.00. The van der Waals surface area contributed by atoms with Gasteiger partial charge in [0.05, 0.1) is 22.1 Å². The molecule has 8 aromatic carbocycles. The predicted octanol–water partition coefficient (Wildman–Crippen LogP) is 18.3. The number of fused-ring (bicyclic) bond motifs is 9. The molecule has 3 heterocycles. The van der Waals surface area contributed by atoms with Crippen LogP contribution in [-0.2, 0) is 0 Å². The van der Waals surface area contributed by atoms with Gasteiger partial charge in [-0.05, 0) is 130 Å². The molecule has 0 aliphatic heterocycles. The molecule has 0 radical (unpaired) electrons. The standard InChI is InChI=1S/C61H56N2S/c1-7-60(4,5)53(39-61(6,8-2)9-3)44-19-17-21-46(35-44)63-56-27-15-12-24-49(56)50-36-41(28-31-57(50)63)43-30-33-59-52(38-43)51-37-42(29-32-58(51)64-59)40-18-16-20-45(34-40)62-54-25-13-10-22-47(54)48-23-11-14-26-55(48)62/h10-38,53H,7-9,39H2,1-6H3. The number of benzene rings is 8. The fraction of sp³-hybridized carbons (Fsp3) is 0.213. The second kappa shape index (κ2) is 15.7. The van der Waals surface area contributed by atoms with Crippen molar-refractivity contribution >= 4 is 75.1 Å². The molecule has 0 fully saturated rings. The quantitative estimate of drug-likeness (QED) is 0.123. The number of para-hydroxylation sites is 3. The second-order valence-corrected chi connectivity index (χ2v) is 20.3. The van der Waals surface area contributed by atoms with Crippen LogP contribution in [0.4, 0.5) is 0 Å². The predicted molar refractivity (Wildman–Crippen MR) is 279 cm³/mol. The molecule has 0 bridgehead atoms. The summed E-state index contributed by atoms with van der Waals surface area (Å²) >= 11 is 1.88. The van der Waals surface area contributed by atoms with Crippen molar-refractivity contribution in [1.29, 1.82) is 0 Å². The van der Waals surface area contributed by atoms with Gasteiger partial charge in [-0.3, -0.25) is 0 Å². The van der Waals surface area contributed by atoms with E-state index in [0.29, 0.717) is 11.3 Å². The summed E-state index contributed by atoms with van der Waals surface area (Å²) in [4.78, 5) is 0. The fourth-order valence-electron chi connectivity index (χ4n) is 10.6. The average molecular weight is 849 g/mol. The monoisotopic (exact) mass is 848 g/mol. The van der Waals surface area contributed by atoms with Gasteiger partial charge in [0.2, 0.25) is 0 Å². The number of aromatic nitrogens is 2. The van der Waals surface area contributed by atoms with Crippen LogP contribution in [0.2, 0.25) is 0 Å². The van der Waals surface area contributed by atoms with Crippen molar-refractivity contribution < 1.29 is 0 Å². The van der Waals surface area contributed by atoms with E-state index < -0.39 is 0 Å². The summed E-state index contributed by atoms with van der Waals surface area (Å²) in [7, 11) is 0. The van der Waals surface area contributed by atoms with E-state index in [1.807, 2.05) is 11.3 Å². The number of hydrogen-bond donors (Lipinski definition) is 0. The van der Waals surface area contributed by atoms with Crippen LogP contribution in [0.25, 0.3) is 97.4 Å². The Hall–Kier alpha value is -6.42. The maximum absolute atomic E-state index is 2.50. The molecule has 1 atom stereocenters. The van der Waals surface area contributed by atoms with Crippen molar-refractivity contribution in [3.63, 3.8) is 0 Å². The minimum atomic E-state index is 0.190. The van der Waals surface area contributed by atoms with Crippen LogP contribution in [0.3, 0.4) is 0 Å². The Labute approximate surface area is 381 Å². The van der Waals surface area contributed by atoms with Crippen molar-refractivity contribution in [2.45, 2.75) is 73.1 Å². The molecule has 316 valence electrons. The fourth-order valence-corrected chi connectivity index (χ4v) is 11.7. The summed E-state index contributed by atoms with van der Waals surface area (Å²) < 4.78 is 7.54. The lowest BCUT2D eigenvalue weighted by Crippen LogP contribution is -2.28. The van der Waals surface area contributed by atoms with Gasteiger partial charge in [-0.25, -0.2) is 0 Å². The Balaban J connectivity index is 0.984. The lowest BCUT2D eigenvalue weighted by Gasteiger charge is -2.40. The van der Waals surface area contributed by atoms with Gasteiger partial charge in [-0.1, -0.05) is 158 Å². The SMILES string of the molecule is CCC(C)(CC)CC(c1cccc(-n2c3ccccc3c3cc(-c4ccc5sc6ccc(-c7cccc(-n8c9ccccc9c9ccccc98)c7)cc6c5c4)ccc32)c1)C(C)(C)CC. The van der Waals surface area contributed by atoms with Gasteiger partial charge in [-0.2, -0.15) is 0 Å². The molecule has 0 spiro atoms. The van der Waals surface area contributed by atoms with Crippen LogP contribution in [0.1, 0.15) is 78.7 Å². The molecule has 0 N–H and O–H groups in total. The van der Waals surface area contributed by atoms with Crippen molar-refractivity contribution in [3.8, 4) is 33.6 Å². The lowest BCUT2D eigenvalue weighted by atomic mass is 9.65. The minimum absolute atomic E-state index is 0.190. The Bertz CT molecular complexity index is 3500. The van der Waals surface area contributed by atoms with Crippen LogP contribution in [0.5, 0.6) is 0 Å². The third-order valence-electron chi connectivity index (χ3n) is 15.3. The van der Waals surface area contributed by atoms with Crippen LogP contribution < -0.4 is 0 Å². The van der Waals surface area contributed by atoms with E-state index in [1.54, 1.807) is 0 Å². The summed E-state index contributed by atoms with van der Waals surface area (Å²) in [6.45, 7) is 14.5. The smallest absolute Gasteiger partial charge is 0.0541 e. The topological polar surface area (TPSA) is 9.86 Å². The summed E-state index contributed by atoms with van der Waals surface area (Å²) in [5, 5.41) is 7.75. The zero-order chi connectivity index (χ0) is 43.7. The highest BCUT2D eigenvalue weighted by Crippen LogP contribution is 2.48. The molecule has 1 unspecified atom stereocenters. The molecule has 0 saturated carbocycles. The van der Waals surface area contributed by atoms with E-state index in [-0.39, 0.29) is 5.41 Å². The maximum Gasteiger partial charge on any atom is 0.0541 e. The molecule has 0 aliphatic rings. The van der Waals surface area contributed by atoms with Crippen LogP contribution in [0.15, 0.2) is 176 Å². The Morgan fingerprint density at radius 1 is 0.406 bits per heavy atom. The molecule has 0 amide bonds. The molecule has 11 aromatic rings. The van der Waals surface area contributed by atoms with Gasteiger partial charge < -0.3 is 9.13 Å². The Kier molecular flexibility index (Phi) is 9.89. The highest BCUT2D eigenvalue weighted by molar-refractivity contribution is 7.25. The molecule has 2 nitrogen and oxygen atoms in total. The first-order valence-electron chi connectivity index (χ1n) is 23.4. The largest absolute Gasteiger partial charge is 0.309 e. The molecule has 3 aromatic heterocycles. The molecular formula is C61H56N2S. The third-order valence-corrected chi connectivity index (χ3v) is 16.4. The van der Waals surface area contributed by atoms with E-state index >= 15 is 0 Å². The second-order valence-electron chi connectivity index (χ2n) is 19.2. The first-order valence-corrected chi connectivity index (χ1v) is 24.2. The molecular weight excluding hydrogens is 793 g/mol. The highest BCUT2D eigenvalue weighted by Gasteiger charge is 2.35. The van der Waals surface area contributed by atoms with Crippen molar-refractivity contribution in [3.05, 3.63) is 181 Å². The number of nitrogens with zero attached hydrogens (tertiary/aromatic N) is 2. The molecule has 0 saturated heterocycles. The van der Waals surface area contributed by atoms with E-state index in [1.165, 1.54) is 122 Å². The van der Waals surface area contributed by atoms with Gasteiger partial charge in [0.25, 0.3) is 0 Å². The summed E-state index contributed by atoms with van der Waals surface area (Å²) in [6.07, 6.45) is 4.74. The number of hydrogen-bond acceptors (Lipinski definition) is 1. The van der Waals surface area contributed by atoms with Gasteiger partial charge in [0.15, 0.2) is 0 Å². The Morgan fingerprint density at radius 3 is 1.41 bits per heavy atom. The van der Waals surface area contributed by atoms with E-state index in [9.17, 15) is 0 Å². The minimum Gasteiger partial charge on any atom is -0.309 e. The van der Waals surface area contributed by atoms with Gasteiger partial charge in [-0.15, -0.1) is 11.3 Å². The lowest BCUT2D eigenvalue weighted by molar-refractivity contribution is 0.169. The molecule has 11 rings (SSSR count). The summed E-state index contributed by atoms with van der Waals surface area (Å²) in [5.74, 6) is 0.470. The Morgan fingerprint density at radius 2 is 0.859 bits per heavy atom. The van der Waals surface area contributed by atoms with E-state index in [2.05, 4.69) is 227 Å². The van der Waals surface area contributed by atoms with Gasteiger partial charge in [0.1, 0.15) is 0 Å². The third kappa shape index (κ3) is 6.67. The van der Waals surface area contributed by atoms with Crippen LogP contribution in [0, 0.1) is 10.8 Å². The van der Waals surface area contributed by atoms with Crippen LogP contribution >= 0.6 is 11.3 Å². The first-order chi connectivity index (χ1) is 31.2. The number of rotatable bonds is 11. The molecule has 0 aliphatic carbocycles.